The summed E-state index contributed by atoms with van der Waals surface area (Å²) in [6.07, 6.45) is 6.77. The highest BCUT2D eigenvalue weighted by atomic mass is 35.5. The molecule has 172 valence electrons. The van der Waals surface area contributed by atoms with Crippen LogP contribution in [0.5, 0.6) is 0 Å². The molecule has 4 rings (SSSR count). The van der Waals surface area contributed by atoms with Gasteiger partial charge in [0.15, 0.2) is 0 Å². The molecular formula is C24H31ClN4O3. The summed E-state index contributed by atoms with van der Waals surface area (Å²) in [6.45, 7) is 1.98. The van der Waals surface area contributed by atoms with Crippen molar-refractivity contribution in [1.82, 2.24) is 14.7 Å². The van der Waals surface area contributed by atoms with Crippen LogP contribution >= 0.6 is 11.6 Å². The van der Waals surface area contributed by atoms with Crippen molar-refractivity contribution in [3.05, 3.63) is 40.6 Å². The lowest BCUT2D eigenvalue weighted by atomic mass is 9.94. The molecule has 1 aliphatic carbocycles. The van der Waals surface area contributed by atoms with Gasteiger partial charge in [0.25, 0.3) is 17.7 Å². The molecular weight excluding hydrogens is 428 g/mol. The lowest BCUT2D eigenvalue weighted by molar-refractivity contribution is -0.140. The Hall–Kier alpha value is -2.38. The van der Waals surface area contributed by atoms with Crippen LogP contribution in [0.4, 0.5) is 5.69 Å². The number of hydrogen-bond donors (Lipinski definition) is 1. The van der Waals surface area contributed by atoms with Gasteiger partial charge in [0.2, 0.25) is 0 Å². The minimum Gasteiger partial charge on any atom is -0.350 e. The highest BCUT2D eigenvalue weighted by Crippen LogP contribution is 2.32. The van der Waals surface area contributed by atoms with E-state index < -0.39 is 5.91 Å². The quantitative estimate of drug-likeness (QED) is 0.684. The number of piperidine rings is 1. The number of benzene rings is 1. The van der Waals surface area contributed by atoms with Gasteiger partial charge in [-0.2, -0.15) is 0 Å². The van der Waals surface area contributed by atoms with E-state index in [0.717, 1.165) is 58.0 Å². The summed E-state index contributed by atoms with van der Waals surface area (Å²) in [5, 5.41) is 2.94. The molecule has 8 heteroatoms. The molecule has 0 atom stereocenters. The number of imide groups is 1. The Kier molecular flexibility index (Phi) is 6.86. The molecule has 32 heavy (non-hydrogen) atoms. The van der Waals surface area contributed by atoms with E-state index in [9.17, 15) is 14.4 Å². The third-order valence-electron chi connectivity index (χ3n) is 6.96. The number of likely N-dealkylation sites (tertiary alicyclic amines) is 1. The average molecular weight is 459 g/mol. The molecule has 0 unspecified atom stereocenters. The van der Waals surface area contributed by atoms with E-state index >= 15 is 0 Å². The molecule has 0 radical (unpaired) electrons. The maximum absolute atomic E-state index is 12.9. The molecule has 2 fully saturated rings. The Balaban J connectivity index is 1.41. The van der Waals surface area contributed by atoms with Crippen molar-refractivity contribution in [2.24, 2.45) is 0 Å². The van der Waals surface area contributed by atoms with Crippen molar-refractivity contribution in [3.63, 3.8) is 0 Å². The van der Waals surface area contributed by atoms with Gasteiger partial charge in [0.05, 0.1) is 0 Å². The monoisotopic (exact) mass is 458 g/mol. The first-order valence-corrected chi connectivity index (χ1v) is 11.8. The van der Waals surface area contributed by atoms with E-state index in [1.807, 2.05) is 11.9 Å². The maximum atomic E-state index is 12.9. The van der Waals surface area contributed by atoms with Gasteiger partial charge < -0.3 is 15.1 Å². The zero-order valence-corrected chi connectivity index (χ0v) is 19.5. The van der Waals surface area contributed by atoms with Crippen molar-refractivity contribution < 1.29 is 14.4 Å². The molecule has 2 heterocycles. The molecule has 1 N–H and O–H groups in total. The van der Waals surface area contributed by atoms with Gasteiger partial charge in [-0.25, -0.2) is 0 Å². The number of nitrogens with one attached hydrogen (secondary N) is 1. The van der Waals surface area contributed by atoms with Gasteiger partial charge in [-0.3, -0.25) is 19.3 Å². The summed E-state index contributed by atoms with van der Waals surface area (Å²) in [4.78, 5) is 43.9. The topological polar surface area (TPSA) is 73.0 Å². The number of hydrogen-bond acceptors (Lipinski definition) is 5. The van der Waals surface area contributed by atoms with Crippen LogP contribution in [0, 0.1) is 0 Å². The average Bonchev–Trinajstić information content (AvgIpc) is 3.02. The smallest absolute Gasteiger partial charge is 0.279 e. The van der Waals surface area contributed by atoms with Crippen LogP contribution in [0.1, 0.15) is 55.3 Å². The second kappa shape index (κ2) is 9.63. The van der Waals surface area contributed by atoms with E-state index in [2.05, 4.69) is 17.3 Å². The Labute approximate surface area is 194 Å². The molecule has 3 aliphatic rings. The lowest BCUT2D eigenvalue weighted by Gasteiger charge is -2.35. The summed E-state index contributed by atoms with van der Waals surface area (Å²) in [7, 11) is 3.96. The van der Waals surface area contributed by atoms with Crippen LogP contribution in [-0.4, -0.2) is 71.7 Å². The second-order valence-corrected chi connectivity index (χ2v) is 9.49. The van der Waals surface area contributed by atoms with Gasteiger partial charge in [-0.05, 0) is 70.1 Å². The maximum Gasteiger partial charge on any atom is 0.279 e. The molecule has 7 nitrogen and oxygen atoms in total. The minimum atomic E-state index is -0.419. The van der Waals surface area contributed by atoms with Crippen LogP contribution in [-0.2, 0) is 9.59 Å². The highest BCUT2D eigenvalue weighted by molar-refractivity contribution is 6.48. The number of carbonyl (C=O) groups is 3. The largest absolute Gasteiger partial charge is 0.350 e. The molecule has 0 spiro atoms. The van der Waals surface area contributed by atoms with E-state index in [0.29, 0.717) is 11.3 Å². The van der Waals surface area contributed by atoms with E-state index in [4.69, 9.17) is 11.6 Å². The van der Waals surface area contributed by atoms with Crippen LogP contribution in [0.2, 0.25) is 0 Å². The normalized spacial score (nSPS) is 21.4. The number of carbonyl (C=O) groups excluding carboxylic acids is 3. The third-order valence-corrected chi connectivity index (χ3v) is 7.31. The lowest BCUT2D eigenvalue weighted by Crippen LogP contribution is -2.44. The molecule has 3 amide bonds. The van der Waals surface area contributed by atoms with Crippen molar-refractivity contribution in [3.8, 4) is 0 Å². The number of halogens is 1. The Morgan fingerprint density at radius 1 is 1.00 bits per heavy atom. The molecule has 0 bridgehead atoms. The zero-order chi connectivity index (χ0) is 22.8. The van der Waals surface area contributed by atoms with Crippen LogP contribution in [0.25, 0.3) is 0 Å². The van der Waals surface area contributed by atoms with E-state index in [1.54, 1.807) is 24.3 Å². The van der Waals surface area contributed by atoms with Gasteiger partial charge in [0.1, 0.15) is 10.7 Å². The van der Waals surface area contributed by atoms with Crippen molar-refractivity contribution in [1.29, 1.82) is 0 Å². The van der Waals surface area contributed by atoms with Gasteiger partial charge >= 0.3 is 0 Å². The molecule has 1 aromatic rings. The Bertz CT molecular complexity index is 916. The first-order chi connectivity index (χ1) is 15.4. The summed E-state index contributed by atoms with van der Waals surface area (Å²) in [5.74, 6) is -0.800. The Morgan fingerprint density at radius 2 is 1.62 bits per heavy atom. The predicted molar refractivity (Wildman–Crippen MR) is 124 cm³/mol. The predicted octanol–water partition coefficient (Wildman–Crippen LogP) is 3.42. The van der Waals surface area contributed by atoms with Crippen LogP contribution in [0.15, 0.2) is 35.0 Å². The van der Waals surface area contributed by atoms with Crippen molar-refractivity contribution in [2.45, 2.75) is 57.0 Å². The fourth-order valence-electron chi connectivity index (χ4n) is 4.89. The molecule has 0 aromatic heterocycles. The summed E-state index contributed by atoms with van der Waals surface area (Å²) < 4.78 is 0. The number of amides is 3. The van der Waals surface area contributed by atoms with E-state index in [1.165, 1.54) is 4.90 Å². The third kappa shape index (κ3) is 4.55. The number of nitrogens with zero attached hydrogens (tertiary/aromatic N) is 3. The fourth-order valence-corrected chi connectivity index (χ4v) is 5.11. The Morgan fingerprint density at radius 3 is 2.25 bits per heavy atom. The first-order valence-electron chi connectivity index (χ1n) is 11.5. The number of anilines is 1. The van der Waals surface area contributed by atoms with Gasteiger partial charge in [-0.1, -0.05) is 30.9 Å². The molecule has 1 saturated carbocycles. The van der Waals surface area contributed by atoms with E-state index in [-0.39, 0.29) is 34.6 Å². The molecule has 1 aromatic carbocycles. The van der Waals surface area contributed by atoms with Crippen LogP contribution < -0.4 is 5.32 Å². The summed E-state index contributed by atoms with van der Waals surface area (Å²) in [5.41, 5.74) is 1.32. The summed E-state index contributed by atoms with van der Waals surface area (Å²) in [6, 6.07) is 7.14. The highest BCUT2D eigenvalue weighted by Gasteiger charge is 2.42. The number of rotatable bonds is 5. The standard InChI is InChI=1S/C24H31ClN4O3/c1-27-14-12-18(13-15-27)28(2)22(30)16-8-10-17(11-9-16)26-21-20(25)23(31)29(24(21)32)19-6-4-3-5-7-19/h8-11,18-19,26H,3-7,12-15H2,1-2H3. The van der Waals surface area contributed by atoms with Crippen LogP contribution in [0.3, 0.4) is 0 Å². The van der Waals surface area contributed by atoms with Gasteiger partial charge in [-0.15, -0.1) is 0 Å². The molecule has 2 aliphatic heterocycles. The van der Waals surface area contributed by atoms with Crippen molar-refractivity contribution >= 4 is 35.0 Å². The molecule has 1 saturated heterocycles. The zero-order valence-electron chi connectivity index (χ0n) is 18.8. The SMILES string of the molecule is CN1CCC(N(C)C(=O)c2ccc(NC3=C(Cl)C(=O)N(C4CCCCC4)C3=O)cc2)CC1. The summed E-state index contributed by atoms with van der Waals surface area (Å²) >= 11 is 6.25. The van der Waals surface area contributed by atoms with Gasteiger partial charge in [0, 0.05) is 30.4 Å². The first kappa shape index (κ1) is 22.8. The fraction of sp³-hybridized carbons (Fsp3) is 0.542. The minimum absolute atomic E-state index is 0.0149. The second-order valence-electron chi connectivity index (χ2n) is 9.11. The van der Waals surface area contributed by atoms with Crippen molar-refractivity contribution in [2.75, 3.05) is 32.5 Å².